The second-order valence-electron chi connectivity index (χ2n) is 5.58. The Morgan fingerprint density at radius 1 is 1.58 bits per heavy atom. The molecule has 0 spiro atoms. The van der Waals surface area contributed by atoms with Gasteiger partial charge in [-0.15, -0.1) is 0 Å². The molecule has 0 radical (unpaired) electrons. The Morgan fingerprint density at radius 3 is 3.11 bits per heavy atom. The Bertz CT molecular complexity index is 386. The highest BCUT2D eigenvalue weighted by Gasteiger charge is 2.45. The third kappa shape index (κ3) is 4.39. The number of carbonyl (C=O) groups excluding carboxylic acids is 1. The summed E-state index contributed by atoms with van der Waals surface area (Å²) in [5.74, 6) is 2.02. The lowest BCUT2D eigenvalue weighted by Crippen LogP contribution is -2.27. The van der Waals surface area contributed by atoms with Crippen molar-refractivity contribution in [3.8, 4) is 0 Å². The summed E-state index contributed by atoms with van der Waals surface area (Å²) in [6.45, 7) is 6.45. The van der Waals surface area contributed by atoms with Gasteiger partial charge in [0.15, 0.2) is 0 Å². The predicted octanol–water partition coefficient (Wildman–Crippen LogP) is 2.56. The lowest BCUT2D eigenvalue weighted by molar-refractivity contribution is -0.122. The first kappa shape index (κ1) is 14.1. The number of hydrogen-bond donors (Lipinski definition) is 1. The van der Waals surface area contributed by atoms with Gasteiger partial charge in [-0.2, -0.15) is 0 Å². The van der Waals surface area contributed by atoms with Crippen molar-refractivity contribution in [2.24, 2.45) is 11.8 Å². The molecule has 1 aliphatic carbocycles. The smallest absolute Gasteiger partial charge is 0.223 e. The molecular formula is C15H23NO3. The Hall–Kier alpha value is -1.29. The maximum Gasteiger partial charge on any atom is 0.223 e. The van der Waals surface area contributed by atoms with Crippen LogP contribution in [0.1, 0.15) is 38.4 Å². The maximum atomic E-state index is 11.9. The first-order valence-corrected chi connectivity index (χ1v) is 7.07. The number of amides is 1. The Labute approximate surface area is 114 Å². The maximum absolute atomic E-state index is 11.9. The van der Waals surface area contributed by atoms with Gasteiger partial charge >= 0.3 is 0 Å². The predicted molar refractivity (Wildman–Crippen MR) is 72.8 cm³/mol. The zero-order valence-electron chi connectivity index (χ0n) is 11.7. The fourth-order valence-electron chi connectivity index (χ4n) is 2.14. The van der Waals surface area contributed by atoms with Crippen LogP contribution in [0.15, 0.2) is 22.8 Å². The summed E-state index contributed by atoms with van der Waals surface area (Å²) < 4.78 is 10.8. The van der Waals surface area contributed by atoms with Crippen molar-refractivity contribution < 1.29 is 13.9 Å². The van der Waals surface area contributed by atoms with Gasteiger partial charge in [0.2, 0.25) is 5.91 Å². The molecule has 1 amide bonds. The average Bonchev–Trinajstić information content (AvgIpc) is 2.99. The molecule has 4 heteroatoms. The van der Waals surface area contributed by atoms with Crippen LogP contribution in [0, 0.1) is 11.8 Å². The van der Waals surface area contributed by atoms with Crippen molar-refractivity contribution in [3.05, 3.63) is 24.2 Å². The summed E-state index contributed by atoms with van der Waals surface area (Å²) in [5.41, 5.74) is 0. The molecule has 0 aliphatic heterocycles. The molecule has 2 atom stereocenters. The minimum atomic E-state index is 0.0998. The van der Waals surface area contributed by atoms with Crippen LogP contribution in [0.5, 0.6) is 0 Å². The molecule has 19 heavy (non-hydrogen) atoms. The van der Waals surface area contributed by atoms with Crippen LogP contribution in [-0.4, -0.2) is 25.7 Å². The van der Waals surface area contributed by atoms with Crippen LogP contribution in [0.2, 0.25) is 0 Å². The molecule has 1 saturated carbocycles. The minimum Gasteiger partial charge on any atom is -0.469 e. The molecule has 1 fully saturated rings. The van der Waals surface area contributed by atoms with E-state index in [0.717, 1.165) is 25.2 Å². The molecule has 4 nitrogen and oxygen atoms in total. The van der Waals surface area contributed by atoms with E-state index in [1.165, 1.54) is 0 Å². The molecule has 2 unspecified atom stereocenters. The third-order valence-electron chi connectivity index (χ3n) is 3.25. The van der Waals surface area contributed by atoms with Gasteiger partial charge in [-0.25, -0.2) is 0 Å². The standard InChI is InChI=1S/C15H23NO3/c1-11(2)10-18-7-4-6-16-15(17)13-9-12(13)14-5-3-8-19-14/h3,5,8,11-13H,4,6-7,9-10H2,1-2H3,(H,16,17). The van der Waals surface area contributed by atoms with Gasteiger partial charge < -0.3 is 14.5 Å². The topological polar surface area (TPSA) is 51.5 Å². The van der Waals surface area contributed by atoms with Gasteiger partial charge in [0, 0.05) is 31.6 Å². The van der Waals surface area contributed by atoms with Crippen LogP contribution >= 0.6 is 0 Å². The lowest BCUT2D eigenvalue weighted by atomic mass is 10.2. The van der Waals surface area contributed by atoms with Crippen molar-refractivity contribution in [1.82, 2.24) is 5.32 Å². The van der Waals surface area contributed by atoms with E-state index >= 15 is 0 Å². The number of furan rings is 1. The van der Waals surface area contributed by atoms with Crippen molar-refractivity contribution in [1.29, 1.82) is 0 Å². The Morgan fingerprint density at radius 2 is 2.42 bits per heavy atom. The van der Waals surface area contributed by atoms with Gasteiger partial charge in [0.05, 0.1) is 6.26 Å². The molecule has 1 N–H and O–H groups in total. The minimum absolute atomic E-state index is 0.0998. The molecule has 1 heterocycles. The van der Waals surface area contributed by atoms with Crippen LogP contribution in [0.25, 0.3) is 0 Å². The second-order valence-corrected chi connectivity index (χ2v) is 5.58. The molecule has 106 valence electrons. The molecule has 2 rings (SSSR count). The number of hydrogen-bond acceptors (Lipinski definition) is 3. The van der Waals surface area contributed by atoms with Gasteiger partial charge in [-0.05, 0) is 30.9 Å². The summed E-state index contributed by atoms with van der Waals surface area (Å²) in [7, 11) is 0. The first-order valence-electron chi connectivity index (χ1n) is 7.07. The molecule has 0 aromatic carbocycles. The second kappa shape index (κ2) is 6.75. The largest absolute Gasteiger partial charge is 0.469 e. The summed E-state index contributed by atoms with van der Waals surface area (Å²) in [5, 5.41) is 2.96. The van der Waals surface area contributed by atoms with Crippen LogP contribution in [0.3, 0.4) is 0 Å². The van der Waals surface area contributed by atoms with E-state index in [4.69, 9.17) is 9.15 Å². The third-order valence-corrected chi connectivity index (χ3v) is 3.25. The molecule has 0 bridgehead atoms. The van der Waals surface area contributed by atoms with E-state index in [1.54, 1.807) is 6.26 Å². The van der Waals surface area contributed by atoms with E-state index in [2.05, 4.69) is 19.2 Å². The zero-order chi connectivity index (χ0) is 13.7. The average molecular weight is 265 g/mol. The Kier molecular flexibility index (Phi) is 5.02. The van der Waals surface area contributed by atoms with Crippen molar-refractivity contribution in [3.63, 3.8) is 0 Å². The number of rotatable bonds is 8. The summed E-state index contributed by atoms with van der Waals surface area (Å²) in [6, 6.07) is 3.81. The molecule has 1 aromatic rings. The van der Waals surface area contributed by atoms with Crippen molar-refractivity contribution in [2.45, 2.75) is 32.6 Å². The summed E-state index contributed by atoms with van der Waals surface area (Å²) in [6.07, 6.45) is 3.44. The van der Waals surface area contributed by atoms with Crippen molar-refractivity contribution >= 4 is 5.91 Å². The number of nitrogens with one attached hydrogen (secondary N) is 1. The monoisotopic (exact) mass is 265 g/mol. The fourth-order valence-corrected chi connectivity index (χ4v) is 2.14. The normalized spacial score (nSPS) is 21.6. The van der Waals surface area contributed by atoms with E-state index in [9.17, 15) is 4.79 Å². The van der Waals surface area contributed by atoms with Gasteiger partial charge in [0.1, 0.15) is 5.76 Å². The van der Waals surface area contributed by atoms with Gasteiger partial charge in [-0.3, -0.25) is 4.79 Å². The quantitative estimate of drug-likeness (QED) is 0.735. The van der Waals surface area contributed by atoms with E-state index in [-0.39, 0.29) is 17.7 Å². The Balaban J connectivity index is 1.54. The van der Waals surface area contributed by atoms with E-state index in [1.807, 2.05) is 12.1 Å². The molecule has 1 aromatic heterocycles. The van der Waals surface area contributed by atoms with Gasteiger partial charge in [0.25, 0.3) is 0 Å². The van der Waals surface area contributed by atoms with Crippen LogP contribution < -0.4 is 5.32 Å². The van der Waals surface area contributed by atoms with E-state index in [0.29, 0.717) is 19.1 Å². The van der Waals surface area contributed by atoms with E-state index < -0.39 is 0 Å². The highest BCUT2D eigenvalue weighted by molar-refractivity contribution is 5.82. The summed E-state index contributed by atoms with van der Waals surface area (Å²) >= 11 is 0. The van der Waals surface area contributed by atoms with Gasteiger partial charge in [-0.1, -0.05) is 13.8 Å². The molecule has 0 saturated heterocycles. The number of carbonyl (C=O) groups is 1. The summed E-state index contributed by atoms with van der Waals surface area (Å²) in [4.78, 5) is 11.9. The molecule has 1 aliphatic rings. The highest BCUT2D eigenvalue weighted by atomic mass is 16.5. The first-order chi connectivity index (χ1) is 9.18. The number of ether oxygens (including phenoxy) is 1. The molecular weight excluding hydrogens is 242 g/mol. The lowest BCUT2D eigenvalue weighted by Gasteiger charge is -2.07. The zero-order valence-corrected chi connectivity index (χ0v) is 11.7. The van der Waals surface area contributed by atoms with Crippen molar-refractivity contribution in [2.75, 3.05) is 19.8 Å². The van der Waals surface area contributed by atoms with Crippen LogP contribution in [0.4, 0.5) is 0 Å². The highest BCUT2D eigenvalue weighted by Crippen LogP contribution is 2.47. The SMILES string of the molecule is CC(C)COCCCNC(=O)C1CC1c1ccco1. The van der Waals surface area contributed by atoms with Crippen LogP contribution in [-0.2, 0) is 9.53 Å². The fraction of sp³-hybridized carbons (Fsp3) is 0.667.